The Kier molecular flexibility index (Phi) is 8.19. The fraction of sp³-hybridized carbons (Fsp3) is 0.265. The van der Waals surface area contributed by atoms with Crippen LogP contribution in [-0.4, -0.2) is 50.9 Å². The highest BCUT2D eigenvalue weighted by Gasteiger charge is 2.54. The zero-order valence-electron chi connectivity index (χ0n) is 24.5. The van der Waals surface area contributed by atoms with E-state index in [0.29, 0.717) is 11.3 Å². The van der Waals surface area contributed by atoms with E-state index in [1.165, 1.54) is 8.61 Å². The summed E-state index contributed by atoms with van der Waals surface area (Å²) in [5.41, 5.74) is 2.33. The number of rotatable bonds is 7. The number of benzene rings is 4. The van der Waals surface area contributed by atoms with Crippen molar-refractivity contribution in [2.24, 2.45) is 5.92 Å². The van der Waals surface area contributed by atoms with Crippen molar-refractivity contribution in [2.45, 2.75) is 47.7 Å². The molecule has 10 heteroatoms. The van der Waals surface area contributed by atoms with E-state index in [2.05, 4.69) is 0 Å². The largest absolute Gasteiger partial charge is 0.497 e. The summed E-state index contributed by atoms with van der Waals surface area (Å²) in [6.07, 6.45) is 0.0399. The third-order valence-corrected chi connectivity index (χ3v) is 12.6. The van der Waals surface area contributed by atoms with E-state index in [-0.39, 0.29) is 35.0 Å². The molecule has 0 aromatic heterocycles. The van der Waals surface area contributed by atoms with Crippen LogP contribution >= 0.6 is 0 Å². The van der Waals surface area contributed by atoms with E-state index < -0.39 is 44.1 Å². The molecule has 0 amide bonds. The lowest BCUT2D eigenvalue weighted by Gasteiger charge is -2.51. The number of aryl methyl sites for hydroxylation is 1. The molecular formula is C34H34N2O6S2. The maximum atomic E-state index is 14.5. The van der Waals surface area contributed by atoms with Crippen LogP contribution in [0.3, 0.4) is 0 Å². The molecule has 4 aromatic rings. The molecule has 2 aliphatic heterocycles. The first-order valence-corrected chi connectivity index (χ1v) is 17.4. The van der Waals surface area contributed by atoms with Crippen molar-refractivity contribution in [2.75, 3.05) is 13.7 Å². The average Bonchev–Trinajstić information content (AvgIpc) is 3.05. The van der Waals surface area contributed by atoms with Gasteiger partial charge in [-0.25, -0.2) is 16.8 Å². The highest BCUT2D eigenvalue weighted by molar-refractivity contribution is 7.89. The average molecular weight is 631 g/mol. The summed E-state index contributed by atoms with van der Waals surface area (Å²) in [5, 5.41) is 0. The number of fused-ring (bicyclic) bond motifs is 1. The van der Waals surface area contributed by atoms with Gasteiger partial charge in [-0.15, -0.1) is 0 Å². The molecule has 2 fully saturated rings. The predicted molar refractivity (Wildman–Crippen MR) is 167 cm³/mol. The lowest BCUT2D eigenvalue weighted by molar-refractivity contribution is -0.132. The second kappa shape index (κ2) is 11.9. The summed E-state index contributed by atoms with van der Waals surface area (Å²) in [4.78, 5) is 14.2. The van der Waals surface area contributed by atoms with Crippen molar-refractivity contribution in [1.82, 2.24) is 8.61 Å². The zero-order chi connectivity index (χ0) is 31.1. The van der Waals surface area contributed by atoms with Crippen molar-refractivity contribution < 1.29 is 26.4 Å². The van der Waals surface area contributed by atoms with Crippen molar-refractivity contribution >= 4 is 25.8 Å². The van der Waals surface area contributed by atoms with E-state index in [0.717, 1.165) is 11.1 Å². The van der Waals surface area contributed by atoms with Gasteiger partial charge in [-0.05, 0) is 60.9 Å². The minimum Gasteiger partial charge on any atom is -0.497 e. The highest BCUT2D eigenvalue weighted by Crippen LogP contribution is 2.48. The second-order valence-corrected chi connectivity index (χ2v) is 15.1. The summed E-state index contributed by atoms with van der Waals surface area (Å²) >= 11 is 0. The van der Waals surface area contributed by atoms with Crippen LogP contribution in [0.25, 0.3) is 0 Å². The molecule has 0 aliphatic carbocycles. The molecular weight excluding hydrogens is 597 g/mol. The van der Waals surface area contributed by atoms with E-state index in [1.54, 1.807) is 86.0 Å². The van der Waals surface area contributed by atoms with Crippen LogP contribution in [0.15, 0.2) is 119 Å². The molecule has 2 heterocycles. The van der Waals surface area contributed by atoms with Gasteiger partial charge in [0.2, 0.25) is 20.0 Å². The van der Waals surface area contributed by atoms with Crippen LogP contribution in [0.4, 0.5) is 0 Å². The van der Waals surface area contributed by atoms with E-state index in [1.807, 2.05) is 37.3 Å². The molecule has 2 saturated heterocycles. The standard InChI is InChI=1S/C34H34N2O6S2/c1-24-13-19-29(20-14-24)43(38,39)35-23-30-33(21-31(35)25-9-5-3-6-10-25)36(44(40,41)28-11-7-4-8-12-28)32(22-34(30)37)26-15-17-27(42-2)18-16-26/h3-20,30-33H,21-23H2,1-2H3/t30-,31+,32+,33+/m1/s1. The first-order chi connectivity index (χ1) is 21.1. The van der Waals surface area contributed by atoms with Gasteiger partial charge in [0, 0.05) is 24.9 Å². The topological polar surface area (TPSA) is 101 Å². The summed E-state index contributed by atoms with van der Waals surface area (Å²) < 4.78 is 65.5. The Balaban J connectivity index is 1.49. The number of ether oxygens (including phenoxy) is 1. The molecule has 0 spiro atoms. The Morgan fingerprint density at radius 1 is 0.682 bits per heavy atom. The number of methoxy groups -OCH3 is 1. The molecule has 44 heavy (non-hydrogen) atoms. The van der Waals surface area contributed by atoms with Crippen LogP contribution in [0.1, 0.15) is 41.6 Å². The third-order valence-electron chi connectivity index (χ3n) is 8.73. The number of carbonyl (C=O) groups excluding carboxylic acids is 1. The Hall–Kier alpha value is -3.83. The van der Waals surface area contributed by atoms with Crippen molar-refractivity contribution in [1.29, 1.82) is 0 Å². The highest BCUT2D eigenvalue weighted by atomic mass is 32.2. The van der Waals surface area contributed by atoms with Gasteiger partial charge in [-0.1, -0.05) is 78.4 Å². The number of piperidine rings is 2. The van der Waals surface area contributed by atoms with Crippen LogP contribution < -0.4 is 4.74 Å². The predicted octanol–water partition coefficient (Wildman–Crippen LogP) is 5.53. The summed E-state index contributed by atoms with van der Waals surface area (Å²) in [6, 6.07) is 28.9. The van der Waals surface area contributed by atoms with Gasteiger partial charge < -0.3 is 4.74 Å². The van der Waals surface area contributed by atoms with Gasteiger partial charge in [0.05, 0.1) is 29.0 Å². The first kappa shape index (κ1) is 30.2. The number of sulfonamides is 2. The lowest BCUT2D eigenvalue weighted by atomic mass is 9.77. The number of Topliss-reactive ketones (excluding diaryl/α,β-unsaturated/α-hetero) is 1. The van der Waals surface area contributed by atoms with Crippen LogP contribution in [0.5, 0.6) is 5.75 Å². The van der Waals surface area contributed by atoms with Crippen molar-refractivity contribution in [3.63, 3.8) is 0 Å². The molecule has 0 bridgehead atoms. The van der Waals surface area contributed by atoms with Crippen LogP contribution in [0.2, 0.25) is 0 Å². The lowest BCUT2D eigenvalue weighted by Crippen LogP contribution is -2.60. The smallest absolute Gasteiger partial charge is 0.243 e. The van der Waals surface area contributed by atoms with Gasteiger partial charge in [0.25, 0.3) is 0 Å². The molecule has 0 unspecified atom stereocenters. The monoisotopic (exact) mass is 630 g/mol. The molecule has 0 N–H and O–H groups in total. The maximum Gasteiger partial charge on any atom is 0.243 e. The molecule has 6 rings (SSSR count). The van der Waals surface area contributed by atoms with Gasteiger partial charge in [-0.3, -0.25) is 4.79 Å². The van der Waals surface area contributed by atoms with E-state index in [9.17, 15) is 21.6 Å². The third kappa shape index (κ3) is 5.47. The first-order valence-electron chi connectivity index (χ1n) is 14.5. The molecule has 8 nitrogen and oxygen atoms in total. The quantitative estimate of drug-likeness (QED) is 0.266. The van der Waals surface area contributed by atoms with Crippen molar-refractivity contribution in [3.8, 4) is 5.75 Å². The number of carbonyl (C=O) groups is 1. The maximum absolute atomic E-state index is 14.5. The summed E-state index contributed by atoms with van der Waals surface area (Å²) in [5.74, 6) is -0.390. The molecule has 2 aliphatic rings. The Labute approximate surface area is 259 Å². The Morgan fingerprint density at radius 2 is 1.25 bits per heavy atom. The number of hydrogen-bond acceptors (Lipinski definition) is 6. The van der Waals surface area contributed by atoms with Gasteiger partial charge in [0.15, 0.2) is 0 Å². The number of nitrogens with zero attached hydrogens (tertiary/aromatic N) is 2. The Morgan fingerprint density at radius 3 is 1.86 bits per heavy atom. The number of hydrogen-bond donors (Lipinski definition) is 0. The molecule has 228 valence electrons. The Bertz CT molecular complexity index is 1850. The van der Waals surface area contributed by atoms with Crippen LogP contribution in [0, 0.1) is 12.8 Å². The fourth-order valence-electron chi connectivity index (χ4n) is 6.45. The van der Waals surface area contributed by atoms with E-state index >= 15 is 0 Å². The SMILES string of the molecule is COc1ccc([C@@H]2CC(=O)[C@@H]3CN(S(=O)(=O)c4ccc(C)cc4)[C@H](c4ccccc4)C[C@@H]3N2S(=O)(=O)c2ccccc2)cc1. The minimum absolute atomic E-state index is 0.0754. The van der Waals surface area contributed by atoms with Crippen LogP contribution in [-0.2, 0) is 24.8 Å². The van der Waals surface area contributed by atoms with Crippen molar-refractivity contribution in [3.05, 3.63) is 126 Å². The zero-order valence-corrected chi connectivity index (χ0v) is 26.1. The molecule has 4 atom stereocenters. The summed E-state index contributed by atoms with van der Waals surface area (Å²) in [6.45, 7) is 1.76. The summed E-state index contributed by atoms with van der Waals surface area (Å²) in [7, 11) is -6.58. The normalized spacial score (nSPS) is 23.2. The van der Waals surface area contributed by atoms with Gasteiger partial charge >= 0.3 is 0 Å². The number of ketones is 1. The molecule has 0 radical (unpaired) electrons. The van der Waals surface area contributed by atoms with Gasteiger partial charge in [-0.2, -0.15) is 8.61 Å². The molecule has 4 aromatic carbocycles. The minimum atomic E-state index is -4.10. The molecule has 0 saturated carbocycles. The van der Waals surface area contributed by atoms with Gasteiger partial charge in [0.1, 0.15) is 11.5 Å². The van der Waals surface area contributed by atoms with E-state index in [4.69, 9.17) is 4.74 Å². The fourth-order valence-corrected chi connectivity index (χ4v) is 9.97. The second-order valence-electron chi connectivity index (χ2n) is 11.3.